The maximum absolute atomic E-state index is 11.6. The Morgan fingerprint density at radius 3 is 2.38 bits per heavy atom. The van der Waals surface area contributed by atoms with Crippen molar-refractivity contribution in [3.63, 3.8) is 0 Å². The first-order valence-electron chi connectivity index (χ1n) is 6.46. The number of rotatable bonds is 8. The third-order valence-electron chi connectivity index (χ3n) is 2.96. The lowest BCUT2D eigenvalue weighted by Crippen LogP contribution is -2.31. The van der Waals surface area contributed by atoms with Crippen molar-refractivity contribution in [2.24, 2.45) is 23.5 Å². The minimum absolute atomic E-state index is 0.149. The van der Waals surface area contributed by atoms with Gasteiger partial charge in [0.15, 0.2) is 0 Å². The van der Waals surface area contributed by atoms with Crippen LogP contribution in [0.4, 0.5) is 0 Å². The highest BCUT2D eigenvalue weighted by Crippen LogP contribution is 2.14. The van der Waals surface area contributed by atoms with Gasteiger partial charge in [-0.1, -0.05) is 34.1 Å². The minimum Gasteiger partial charge on any atom is -0.356 e. The molecular weight excluding hydrogens is 200 g/mol. The van der Waals surface area contributed by atoms with Gasteiger partial charge in [0, 0.05) is 13.0 Å². The Bertz CT molecular complexity index is 192. The van der Waals surface area contributed by atoms with E-state index in [0.29, 0.717) is 30.7 Å². The summed E-state index contributed by atoms with van der Waals surface area (Å²) in [5.74, 6) is 1.65. The van der Waals surface area contributed by atoms with Gasteiger partial charge in [0.2, 0.25) is 5.91 Å². The van der Waals surface area contributed by atoms with Crippen LogP contribution >= 0.6 is 0 Å². The molecule has 1 amide bonds. The van der Waals surface area contributed by atoms with Crippen LogP contribution < -0.4 is 11.1 Å². The molecule has 0 saturated heterocycles. The van der Waals surface area contributed by atoms with E-state index in [-0.39, 0.29) is 5.91 Å². The molecule has 0 aliphatic rings. The second-order valence-electron chi connectivity index (χ2n) is 5.25. The van der Waals surface area contributed by atoms with Crippen LogP contribution in [0.3, 0.4) is 0 Å². The Balaban J connectivity index is 3.82. The lowest BCUT2D eigenvalue weighted by Gasteiger charge is -2.17. The Morgan fingerprint density at radius 1 is 1.31 bits per heavy atom. The number of hydrogen-bond acceptors (Lipinski definition) is 2. The van der Waals surface area contributed by atoms with E-state index in [9.17, 15) is 4.79 Å². The zero-order valence-electron chi connectivity index (χ0n) is 11.3. The van der Waals surface area contributed by atoms with Crippen LogP contribution in [0.25, 0.3) is 0 Å². The highest BCUT2D eigenvalue weighted by atomic mass is 16.1. The molecule has 0 fully saturated rings. The SMILES string of the molecule is CCC(C)CNC(=O)CC(CN)CC(C)C. The van der Waals surface area contributed by atoms with Gasteiger partial charge in [-0.05, 0) is 30.7 Å². The maximum atomic E-state index is 11.6. The first-order chi connectivity index (χ1) is 7.49. The molecule has 0 radical (unpaired) electrons. The van der Waals surface area contributed by atoms with Crippen molar-refractivity contribution in [3.8, 4) is 0 Å². The number of carbonyl (C=O) groups excluding carboxylic acids is 1. The maximum Gasteiger partial charge on any atom is 0.220 e. The molecule has 0 aromatic rings. The van der Waals surface area contributed by atoms with E-state index in [0.717, 1.165) is 19.4 Å². The van der Waals surface area contributed by atoms with Crippen molar-refractivity contribution >= 4 is 5.91 Å². The Morgan fingerprint density at radius 2 is 1.94 bits per heavy atom. The molecule has 0 spiro atoms. The van der Waals surface area contributed by atoms with Crippen molar-refractivity contribution in [2.75, 3.05) is 13.1 Å². The van der Waals surface area contributed by atoms with Crippen molar-refractivity contribution in [1.29, 1.82) is 0 Å². The minimum atomic E-state index is 0.149. The summed E-state index contributed by atoms with van der Waals surface area (Å²) in [6, 6.07) is 0. The van der Waals surface area contributed by atoms with E-state index in [2.05, 4.69) is 33.0 Å². The standard InChI is InChI=1S/C13H28N2O/c1-5-11(4)9-15-13(16)7-12(8-14)6-10(2)3/h10-12H,5-9,14H2,1-4H3,(H,15,16). The van der Waals surface area contributed by atoms with Crippen molar-refractivity contribution in [1.82, 2.24) is 5.32 Å². The van der Waals surface area contributed by atoms with Gasteiger partial charge in [-0.2, -0.15) is 0 Å². The molecule has 0 aliphatic heterocycles. The average molecular weight is 228 g/mol. The fourth-order valence-corrected chi connectivity index (χ4v) is 1.70. The summed E-state index contributed by atoms with van der Waals surface area (Å²) >= 11 is 0. The van der Waals surface area contributed by atoms with Crippen molar-refractivity contribution in [3.05, 3.63) is 0 Å². The summed E-state index contributed by atoms with van der Waals surface area (Å²) in [4.78, 5) is 11.6. The predicted molar refractivity (Wildman–Crippen MR) is 69.1 cm³/mol. The monoisotopic (exact) mass is 228 g/mol. The van der Waals surface area contributed by atoms with Gasteiger partial charge >= 0.3 is 0 Å². The predicted octanol–water partition coefficient (Wildman–Crippen LogP) is 2.16. The molecule has 3 N–H and O–H groups in total. The zero-order valence-corrected chi connectivity index (χ0v) is 11.3. The Kier molecular flexibility index (Phi) is 8.26. The molecule has 96 valence electrons. The van der Waals surface area contributed by atoms with Gasteiger partial charge in [0.1, 0.15) is 0 Å². The van der Waals surface area contributed by atoms with E-state index in [1.165, 1.54) is 0 Å². The molecule has 0 aliphatic carbocycles. The molecule has 3 nitrogen and oxygen atoms in total. The summed E-state index contributed by atoms with van der Waals surface area (Å²) in [5, 5.41) is 2.98. The Hall–Kier alpha value is -0.570. The smallest absolute Gasteiger partial charge is 0.220 e. The largest absolute Gasteiger partial charge is 0.356 e. The van der Waals surface area contributed by atoms with Gasteiger partial charge < -0.3 is 11.1 Å². The molecule has 0 bridgehead atoms. The van der Waals surface area contributed by atoms with Crippen molar-refractivity contribution in [2.45, 2.75) is 47.0 Å². The van der Waals surface area contributed by atoms with Crippen LogP contribution in [0, 0.1) is 17.8 Å². The molecule has 0 rings (SSSR count). The van der Waals surface area contributed by atoms with E-state index in [1.807, 2.05) is 0 Å². The summed E-state index contributed by atoms with van der Waals surface area (Å²) in [7, 11) is 0. The molecule has 0 heterocycles. The lowest BCUT2D eigenvalue weighted by molar-refractivity contribution is -0.122. The number of nitrogens with two attached hydrogens (primary N) is 1. The molecule has 0 aromatic carbocycles. The normalized spacial score (nSPS) is 14.9. The van der Waals surface area contributed by atoms with E-state index in [1.54, 1.807) is 0 Å². The van der Waals surface area contributed by atoms with Crippen LogP contribution in [0.5, 0.6) is 0 Å². The summed E-state index contributed by atoms with van der Waals surface area (Å²) in [5.41, 5.74) is 5.67. The highest BCUT2D eigenvalue weighted by Gasteiger charge is 2.14. The highest BCUT2D eigenvalue weighted by molar-refractivity contribution is 5.76. The second-order valence-corrected chi connectivity index (χ2v) is 5.25. The number of nitrogens with one attached hydrogen (secondary N) is 1. The first kappa shape index (κ1) is 15.4. The molecule has 3 heteroatoms. The molecule has 0 aromatic heterocycles. The van der Waals surface area contributed by atoms with Crippen LogP contribution in [0.15, 0.2) is 0 Å². The fourth-order valence-electron chi connectivity index (χ4n) is 1.70. The molecule has 16 heavy (non-hydrogen) atoms. The third kappa shape index (κ3) is 7.69. The van der Waals surface area contributed by atoms with Gasteiger partial charge in [-0.3, -0.25) is 4.79 Å². The first-order valence-corrected chi connectivity index (χ1v) is 6.46. The van der Waals surface area contributed by atoms with Crippen LogP contribution in [-0.2, 0) is 4.79 Å². The number of carbonyl (C=O) groups is 1. The molecule has 2 atom stereocenters. The zero-order chi connectivity index (χ0) is 12.6. The topological polar surface area (TPSA) is 55.1 Å². The second kappa shape index (κ2) is 8.57. The molecule has 2 unspecified atom stereocenters. The van der Waals surface area contributed by atoms with Gasteiger partial charge in [-0.25, -0.2) is 0 Å². The summed E-state index contributed by atoms with van der Waals surface area (Å²) in [6.45, 7) is 10.0. The molecular formula is C13H28N2O. The van der Waals surface area contributed by atoms with Crippen LogP contribution in [0.1, 0.15) is 47.0 Å². The number of hydrogen-bond donors (Lipinski definition) is 2. The number of amides is 1. The lowest BCUT2D eigenvalue weighted by atomic mass is 9.94. The third-order valence-corrected chi connectivity index (χ3v) is 2.96. The van der Waals surface area contributed by atoms with E-state index < -0.39 is 0 Å². The summed E-state index contributed by atoms with van der Waals surface area (Å²) < 4.78 is 0. The van der Waals surface area contributed by atoms with E-state index in [4.69, 9.17) is 5.73 Å². The molecule has 0 saturated carbocycles. The average Bonchev–Trinajstić information content (AvgIpc) is 2.24. The van der Waals surface area contributed by atoms with Crippen molar-refractivity contribution < 1.29 is 4.79 Å². The quantitative estimate of drug-likeness (QED) is 0.669. The Labute approximate surface area is 100 Å². The van der Waals surface area contributed by atoms with Gasteiger partial charge in [-0.15, -0.1) is 0 Å². The summed E-state index contributed by atoms with van der Waals surface area (Å²) in [6.07, 6.45) is 2.71. The van der Waals surface area contributed by atoms with E-state index >= 15 is 0 Å². The van der Waals surface area contributed by atoms with Crippen LogP contribution in [-0.4, -0.2) is 19.0 Å². The fraction of sp³-hybridized carbons (Fsp3) is 0.923. The van der Waals surface area contributed by atoms with Gasteiger partial charge in [0.25, 0.3) is 0 Å². The van der Waals surface area contributed by atoms with Crippen LogP contribution in [0.2, 0.25) is 0 Å². The van der Waals surface area contributed by atoms with Gasteiger partial charge in [0.05, 0.1) is 0 Å².